The topological polar surface area (TPSA) is 33.3 Å². The largest absolute Gasteiger partial charge is 0.376 e. The zero-order valence-corrected chi connectivity index (χ0v) is 12.9. The van der Waals surface area contributed by atoms with Crippen LogP contribution in [0.3, 0.4) is 0 Å². The summed E-state index contributed by atoms with van der Waals surface area (Å²) in [6, 6.07) is 5.62. The summed E-state index contributed by atoms with van der Waals surface area (Å²) in [5, 5.41) is 7.48. The summed E-state index contributed by atoms with van der Waals surface area (Å²) in [5.74, 6) is 0. The smallest absolute Gasteiger partial charge is 0.170 e. The Morgan fingerprint density at radius 3 is 3.06 bits per heavy atom. The fourth-order valence-corrected chi connectivity index (χ4v) is 2.39. The maximum atomic E-state index is 6.01. The van der Waals surface area contributed by atoms with E-state index < -0.39 is 0 Å². The van der Waals surface area contributed by atoms with Crippen LogP contribution in [0.25, 0.3) is 0 Å². The van der Waals surface area contributed by atoms with Gasteiger partial charge in [-0.15, -0.1) is 0 Å². The van der Waals surface area contributed by atoms with Gasteiger partial charge in [0.15, 0.2) is 5.11 Å². The Morgan fingerprint density at radius 2 is 2.39 bits per heavy atom. The molecule has 1 aliphatic rings. The van der Waals surface area contributed by atoms with Gasteiger partial charge in [0.1, 0.15) is 0 Å². The number of rotatable bonds is 3. The second-order valence-corrected chi connectivity index (χ2v) is 5.77. The summed E-state index contributed by atoms with van der Waals surface area (Å²) in [6.07, 6.45) is 2.51. The Bertz CT molecular complexity index is 438. The van der Waals surface area contributed by atoms with Gasteiger partial charge in [0.2, 0.25) is 0 Å². The molecule has 0 bridgehead atoms. The van der Waals surface area contributed by atoms with Gasteiger partial charge in [-0.25, -0.2) is 0 Å². The van der Waals surface area contributed by atoms with E-state index in [4.69, 9.17) is 28.6 Å². The van der Waals surface area contributed by atoms with E-state index in [0.717, 1.165) is 36.2 Å². The Labute approximate surface area is 125 Å². The van der Waals surface area contributed by atoms with Crippen LogP contribution in [0, 0.1) is 0 Å². The molecule has 0 aliphatic carbocycles. The van der Waals surface area contributed by atoms with E-state index in [1.165, 1.54) is 0 Å². The number of ether oxygens (including phenoxy) is 1. The van der Waals surface area contributed by atoms with E-state index in [0.29, 0.717) is 10.1 Å². The average Bonchev–Trinajstić information content (AvgIpc) is 2.84. The number of hydrogen-bond acceptors (Lipinski definition) is 2. The van der Waals surface area contributed by atoms with Crippen molar-refractivity contribution < 1.29 is 4.74 Å². The molecule has 1 unspecified atom stereocenters. The summed E-state index contributed by atoms with van der Waals surface area (Å²) in [5.41, 5.74) is 0.869. The molecule has 18 heavy (non-hydrogen) atoms. The lowest BCUT2D eigenvalue weighted by atomic mass is 10.2. The van der Waals surface area contributed by atoms with E-state index in [-0.39, 0.29) is 6.10 Å². The highest BCUT2D eigenvalue weighted by molar-refractivity contribution is 9.10. The first-order chi connectivity index (χ1) is 8.65. The number of anilines is 1. The molecule has 1 saturated heterocycles. The first-order valence-corrected chi connectivity index (χ1v) is 7.34. The van der Waals surface area contributed by atoms with Crippen LogP contribution in [0.1, 0.15) is 12.8 Å². The number of thiocarbonyl (C=S) groups is 1. The Hall–Kier alpha value is -0.360. The van der Waals surface area contributed by atoms with Crippen LogP contribution in [-0.4, -0.2) is 24.4 Å². The van der Waals surface area contributed by atoms with Crippen molar-refractivity contribution >= 4 is 50.5 Å². The quantitative estimate of drug-likeness (QED) is 0.817. The molecule has 98 valence electrons. The maximum Gasteiger partial charge on any atom is 0.170 e. The highest BCUT2D eigenvalue weighted by atomic mass is 79.9. The minimum atomic E-state index is 0.276. The Kier molecular flexibility index (Phi) is 5.24. The molecule has 1 aromatic carbocycles. The maximum absolute atomic E-state index is 6.01. The van der Waals surface area contributed by atoms with Crippen LogP contribution in [0.2, 0.25) is 5.02 Å². The van der Waals surface area contributed by atoms with E-state index in [9.17, 15) is 0 Å². The lowest BCUT2D eigenvalue weighted by Gasteiger charge is -2.14. The van der Waals surface area contributed by atoms with Gasteiger partial charge in [-0.2, -0.15) is 0 Å². The lowest BCUT2D eigenvalue weighted by molar-refractivity contribution is 0.114. The highest BCUT2D eigenvalue weighted by Crippen LogP contribution is 2.25. The van der Waals surface area contributed by atoms with Crippen molar-refractivity contribution in [2.45, 2.75) is 18.9 Å². The Morgan fingerprint density at radius 1 is 1.56 bits per heavy atom. The summed E-state index contributed by atoms with van der Waals surface area (Å²) >= 11 is 14.6. The third-order valence-corrected chi connectivity index (χ3v) is 4.17. The fourth-order valence-electron chi connectivity index (χ4n) is 1.76. The monoisotopic (exact) mass is 348 g/mol. The molecule has 0 spiro atoms. The first-order valence-electron chi connectivity index (χ1n) is 5.76. The standard InChI is InChI=1S/C12H14BrClN2OS/c13-10-4-3-8(6-11(10)14)16-12(18)15-7-9-2-1-5-17-9/h3-4,6,9H,1-2,5,7H2,(H2,15,16,18). The van der Waals surface area contributed by atoms with E-state index in [2.05, 4.69) is 26.6 Å². The van der Waals surface area contributed by atoms with E-state index in [1.807, 2.05) is 18.2 Å². The predicted molar refractivity (Wildman–Crippen MR) is 82.3 cm³/mol. The van der Waals surface area contributed by atoms with Crippen molar-refractivity contribution in [3.05, 3.63) is 27.7 Å². The van der Waals surface area contributed by atoms with Gasteiger partial charge >= 0.3 is 0 Å². The summed E-state index contributed by atoms with van der Waals surface area (Å²) < 4.78 is 6.38. The number of hydrogen-bond donors (Lipinski definition) is 2. The van der Waals surface area contributed by atoms with Crippen LogP contribution in [0.5, 0.6) is 0 Å². The van der Waals surface area contributed by atoms with Crippen LogP contribution in [0.15, 0.2) is 22.7 Å². The summed E-state index contributed by atoms with van der Waals surface area (Å²) in [7, 11) is 0. The number of halogens is 2. The predicted octanol–water partition coefficient (Wildman–Crippen LogP) is 3.57. The van der Waals surface area contributed by atoms with Crippen molar-refractivity contribution in [2.24, 2.45) is 0 Å². The fraction of sp³-hybridized carbons (Fsp3) is 0.417. The Balaban J connectivity index is 1.80. The van der Waals surface area contributed by atoms with Gasteiger partial charge in [0.25, 0.3) is 0 Å². The second-order valence-electron chi connectivity index (χ2n) is 4.10. The third-order valence-electron chi connectivity index (χ3n) is 2.69. The van der Waals surface area contributed by atoms with Crippen molar-refractivity contribution in [3.63, 3.8) is 0 Å². The second kappa shape index (κ2) is 6.70. The van der Waals surface area contributed by atoms with Crippen LogP contribution in [0.4, 0.5) is 5.69 Å². The lowest BCUT2D eigenvalue weighted by Crippen LogP contribution is -2.34. The minimum absolute atomic E-state index is 0.276. The molecule has 0 amide bonds. The average molecular weight is 350 g/mol. The zero-order chi connectivity index (χ0) is 13.0. The van der Waals surface area contributed by atoms with Crippen molar-refractivity contribution in [1.29, 1.82) is 0 Å². The first kappa shape index (κ1) is 14.1. The molecule has 3 nitrogen and oxygen atoms in total. The van der Waals surface area contributed by atoms with Crippen LogP contribution < -0.4 is 10.6 Å². The molecule has 1 aliphatic heterocycles. The molecule has 1 fully saturated rings. The van der Waals surface area contributed by atoms with Crippen molar-refractivity contribution in [2.75, 3.05) is 18.5 Å². The van der Waals surface area contributed by atoms with Crippen molar-refractivity contribution in [3.8, 4) is 0 Å². The van der Waals surface area contributed by atoms with E-state index >= 15 is 0 Å². The molecule has 1 atom stereocenters. The number of benzene rings is 1. The molecule has 6 heteroatoms. The molecule has 0 aromatic heterocycles. The molecular formula is C12H14BrClN2OS. The SMILES string of the molecule is S=C(NCC1CCCO1)Nc1ccc(Br)c(Cl)c1. The van der Waals surface area contributed by atoms with Crippen molar-refractivity contribution in [1.82, 2.24) is 5.32 Å². The van der Waals surface area contributed by atoms with E-state index in [1.54, 1.807) is 0 Å². The number of nitrogens with one attached hydrogen (secondary N) is 2. The van der Waals surface area contributed by atoms with Gasteiger partial charge < -0.3 is 15.4 Å². The molecular weight excluding hydrogens is 336 g/mol. The van der Waals surface area contributed by atoms with Gasteiger partial charge in [-0.1, -0.05) is 11.6 Å². The third kappa shape index (κ3) is 4.09. The molecule has 2 N–H and O–H groups in total. The van der Waals surface area contributed by atoms with Crippen LogP contribution in [-0.2, 0) is 4.74 Å². The van der Waals surface area contributed by atoms with Gasteiger partial charge in [0.05, 0.1) is 11.1 Å². The van der Waals surface area contributed by atoms with Gasteiger partial charge in [0, 0.05) is 23.3 Å². The minimum Gasteiger partial charge on any atom is -0.376 e. The molecule has 1 aromatic rings. The summed E-state index contributed by atoms with van der Waals surface area (Å²) in [4.78, 5) is 0. The molecule has 0 radical (unpaired) electrons. The van der Waals surface area contributed by atoms with Gasteiger partial charge in [-0.05, 0) is 59.2 Å². The molecule has 2 rings (SSSR count). The highest BCUT2D eigenvalue weighted by Gasteiger charge is 2.15. The zero-order valence-electron chi connectivity index (χ0n) is 9.71. The van der Waals surface area contributed by atoms with Gasteiger partial charge in [-0.3, -0.25) is 0 Å². The normalized spacial score (nSPS) is 18.7. The summed E-state index contributed by atoms with van der Waals surface area (Å²) in [6.45, 7) is 1.60. The molecule has 1 heterocycles. The van der Waals surface area contributed by atoms with Crippen LogP contribution >= 0.6 is 39.7 Å². The molecule has 0 saturated carbocycles.